The highest BCUT2D eigenvalue weighted by atomic mass is 35.5. The first kappa shape index (κ1) is 34.8. The van der Waals surface area contributed by atoms with Crippen molar-refractivity contribution in [2.45, 2.75) is 76.3 Å². The molecule has 0 radical (unpaired) electrons. The minimum atomic E-state index is -0.526. The van der Waals surface area contributed by atoms with E-state index < -0.39 is 12.1 Å². The van der Waals surface area contributed by atoms with Crippen molar-refractivity contribution in [2.24, 2.45) is 0 Å². The van der Waals surface area contributed by atoms with Crippen molar-refractivity contribution >= 4 is 40.6 Å². The molecule has 264 valence electrons. The number of nitrogens with zero attached hydrogens (tertiary/aromatic N) is 2. The van der Waals surface area contributed by atoms with Crippen LogP contribution in [0.4, 0.5) is 0 Å². The molecule has 2 saturated heterocycles. The molecule has 0 spiro atoms. The van der Waals surface area contributed by atoms with Gasteiger partial charge in [-0.05, 0) is 97.7 Å². The summed E-state index contributed by atoms with van der Waals surface area (Å²) in [6.07, 6.45) is 2.37. The van der Waals surface area contributed by atoms with Crippen molar-refractivity contribution < 1.29 is 24.2 Å². The normalized spacial score (nSPS) is 23.2. The summed E-state index contributed by atoms with van der Waals surface area (Å²) in [6, 6.07) is 18.8. The van der Waals surface area contributed by atoms with Gasteiger partial charge in [-0.3, -0.25) is 9.59 Å². The van der Waals surface area contributed by atoms with Crippen LogP contribution in [0.25, 0.3) is 5.57 Å². The van der Waals surface area contributed by atoms with Gasteiger partial charge in [0.25, 0.3) is 5.91 Å². The number of aliphatic hydroxyl groups excluding tert-OH is 1. The van der Waals surface area contributed by atoms with Crippen LogP contribution in [-0.4, -0.2) is 89.8 Å². The third-order valence-corrected chi connectivity index (χ3v) is 10.9. The number of hydrogen-bond donors (Lipinski definition) is 3. The fourth-order valence-corrected chi connectivity index (χ4v) is 7.79. The van der Waals surface area contributed by atoms with E-state index in [1.54, 1.807) is 0 Å². The molecule has 3 N–H and O–H groups in total. The lowest BCUT2D eigenvalue weighted by Crippen LogP contribution is -2.63. The number of amides is 2. The number of benzene rings is 3. The number of nitrogens with one attached hydrogen (secondary N) is 2. The van der Waals surface area contributed by atoms with E-state index in [9.17, 15) is 14.7 Å². The number of aliphatic hydroxyl groups is 1. The maximum Gasteiger partial charge on any atom is 0.252 e. The number of hydrogen-bond acceptors (Lipinski definition) is 7. The summed E-state index contributed by atoms with van der Waals surface area (Å²) in [5.41, 5.74) is 5.80. The minimum absolute atomic E-state index is 0.0150. The Labute approximate surface area is 303 Å². The first-order valence-corrected chi connectivity index (χ1v) is 18.3. The maximum absolute atomic E-state index is 14.8. The molecule has 3 aliphatic heterocycles. The summed E-state index contributed by atoms with van der Waals surface area (Å²) in [4.78, 5) is 32.2. The zero-order valence-corrected chi connectivity index (χ0v) is 30.0. The SMILES string of the molecule is Cc1cc(Cl)c(OCCOc2ccc(C3=C(C(=O)N(Cc4ccccc4Cl)C4CC4)[C@H]4CN(C(=O)[C@@H]5C[C@@H](O)CN5)C[C@@H](C3)N4)cc2)cc1C. The van der Waals surface area contributed by atoms with Crippen LogP contribution in [0.15, 0.2) is 66.2 Å². The quantitative estimate of drug-likeness (QED) is 0.231. The number of aryl methyl sites for hydroxylation is 2. The van der Waals surface area contributed by atoms with Gasteiger partial charge in [-0.2, -0.15) is 0 Å². The van der Waals surface area contributed by atoms with Crippen molar-refractivity contribution in [1.29, 1.82) is 0 Å². The molecule has 4 atom stereocenters. The van der Waals surface area contributed by atoms with E-state index in [1.165, 1.54) is 0 Å². The molecule has 3 heterocycles. The standard InChI is InChI=1S/C39H44Cl2N4O5/c1-23-15-33(41)36(16-24(23)2)50-14-13-49-30-11-7-25(8-12-30)31-17-27-21-44(38(47)34-18-29(46)19-42-34)22-35(43-27)37(31)39(48)45(28-9-10-28)20-26-5-3-4-6-32(26)40/h3-8,11-12,15-16,27-29,34-35,42-43,46H,9-10,13-14,17-22H2,1-2H3/t27-,29-,34+,35-/m1/s1. The van der Waals surface area contributed by atoms with Gasteiger partial charge < -0.3 is 35.0 Å². The molecule has 0 unspecified atom stereocenters. The predicted octanol–water partition coefficient (Wildman–Crippen LogP) is 5.31. The van der Waals surface area contributed by atoms with E-state index in [1.807, 2.05) is 84.3 Å². The number of rotatable bonds is 11. The van der Waals surface area contributed by atoms with E-state index in [-0.39, 0.29) is 29.9 Å². The van der Waals surface area contributed by atoms with E-state index in [4.69, 9.17) is 32.7 Å². The van der Waals surface area contributed by atoms with Gasteiger partial charge in [-0.25, -0.2) is 0 Å². The Bertz CT molecular complexity index is 1780. The highest BCUT2D eigenvalue weighted by molar-refractivity contribution is 6.32. The fraction of sp³-hybridized carbons (Fsp3) is 0.436. The van der Waals surface area contributed by atoms with E-state index in [2.05, 4.69) is 10.6 Å². The molecule has 3 aromatic carbocycles. The van der Waals surface area contributed by atoms with Crippen molar-refractivity contribution in [1.82, 2.24) is 20.4 Å². The summed E-state index contributed by atoms with van der Waals surface area (Å²) < 4.78 is 11.9. The van der Waals surface area contributed by atoms with Gasteiger partial charge in [0, 0.05) is 48.9 Å². The van der Waals surface area contributed by atoms with E-state index in [0.29, 0.717) is 79.4 Å². The number of halogens is 2. The topological polar surface area (TPSA) is 103 Å². The lowest BCUT2D eigenvalue weighted by molar-refractivity contribution is -0.136. The molecule has 9 nitrogen and oxygen atoms in total. The average Bonchev–Trinajstić information content (AvgIpc) is 3.86. The molecule has 0 aromatic heterocycles. The number of β-amino-alcohol motifs (C(OH)–C–C–N with tert-alkyl or cyclic N) is 1. The molecule has 7 rings (SSSR count). The molecule has 11 heteroatoms. The summed E-state index contributed by atoms with van der Waals surface area (Å²) >= 11 is 12.9. The Morgan fingerprint density at radius 2 is 1.70 bits per heavy atom. The number of piperazine rings is 1. The highest BCUT2D eigenvalue weighted by Crippen LogP contribution is 2.38. The third-order valence-electron chi connectivity index (χ3n) is 10.3. The Morgan fingerprint density at radius 3 is 2.42 bits per heavy atom. The van der Waals surface area contributed by atoms with Crippen molar-refractivity contribution in [2.75, 3.05) is 32.8 Å². The molecule has 50 heavy (non-hydrogen) atoms. The Kier molecular flexibility index (Phi) is 10.4. The van der Waals surface area contributed by atoms with Crippen LogP contribution in [0.1, 0.15) is 47.9 Å². The third kappa shape index (κ3) is 7.67. The largest absolute Gasteiger partial charge is 0.490 e. The summed E-state index contributed by atoms with van der Waals surface area (Å²) in [5, 5.41) is 18.1. The predicted molar refractivity (Wildman–Crippen MR) is 195 cm³/mol. The number of ether oxygens (including phenoxy) is 2. The van der Waals surface area contributed by atoms with E-state index in [0.717, 1.165) is 40.7 Å². The summed E-state index contributed by atoms with van der Waals surface area (Å²) in [6.45, 7) is 6.48. The smallest absolute Gasteiger partial charge is 0.252 e. The van der Waals surface area contributed by atoms with Crippen molar-refractivity contribution in [3.8, 4) is 11.5 Å². The molecule has 4 aliphatic rings. The molecular formula is C39H44Cl2N4O5. The molecule has 2 bridgehead atoms. The van der Waals surface area contributed by atoms with Crippen molar-refractivity contribution in [3.05, 3.63) is 98.5 Å². The number of fused-ring (bicyclic) bond motifs is 2. The van der Waals surface area contributed by atoms with Gasteiger partial charge in [-0.1, -0.05) is 53.5 Å². The first-order valence-electron chi connectivity index (χ1n) is 17.5. The Morgan fingerprint density at radius 1 is 0.960 bits per heavy atom. The van der Waals surface area contributed by atoms with Gasteiger partial charge in [0.2, 0.25) is 5.91 Å². The lowest BCUT2D eigenvalue weighted by Gasteiger charge is -2.45. The molecular weight excluding hydrogens is 675 g/mol. The fourth-order valence-electron chi connectivity index (χ4n) is 7.32. The van der Waals surface area contributed by atoms with Gasteiger partial charge in [0.1, 0.15) is 24.7 Å². The lowest BCUT2D eigenvalue weighted by atomic mass is 9.82. The average molecular weight is 720 g/mol. The van der Waals surface area contributed by atoms with Gasteiger partial charge in [0.05, 0.1) is 23.2 Å². The van der Waals surface area contributed by atoms with Crippen LogP contribution in [0.3, 0.4) is 0 Å². The van der Waals surface area contributed by atoms with Crippen LogP contribution < -0.4 is 20.1 Å². The second kappa shape index (κ2) is 14.9. The molecule has 1 saturated carbocycles. The number of carbonyl (C=O) groups is 2. The first-order chi connectivity index (χ1) is 24.1. The van der Waals surface area contributed by atoms with Crippen molar-refractivity contribution in [3.63, 3.8) is 0 Å². The second-order valence-corrected chi connectivity index (χ2v) is 14.8. The molecule has 3 fully saturated rings. The monoisotopic (exact) mass is 718 g/mol. The van der Waals surface area contributed by atoms with Gasteiger partial charge in [-0.15, -0.1) is 0 Å². The molecule has 3 aromatic rings. The van der Waals surface area contributed by atoms with Crippen LogP contribution in [0.5, 0.6) is 11.5 Å². The highest BCUT2D eigenvalue weighted by Gasteiger charge is 2.44. The summed E-state index contributed by atoms with van der Waals surface area (Å²) in [7, 11) is 0. The Hall–Kier alpha value is -3.60. The van der Waals surface area contributed by atoms with Gasteiger partial charge in [0.15, 0.2) is 0 Å². The number of carbonyl (C=O) groups excluding carboxylic acids is 2. The maximum atomic E-state index is 14.8. The van der Waals surface area contributed by atoms with Crippen LogP contribution in [0, 0.1) is 13.8 Å². The van der Waals surface area contributed by atoms with Crippen LogP contribution in [-0.2, 0) is 16.1 Å². The van der Waals surface area contributed by atoms with E-state index >= 15 is 0 Å². The molecule has 2 amide bonds. The Balaban J connectivity index is 1.12. The van der Waals surface area contributed by atoms with Gasteiger partial charge >= 0.3 is 0 Å². The summed E-state index contributed by atoms with van der Waals surface area (Å²) in [5.74, 6) is 1.30. The van der Waals surface area contributed by atoms with Crippen LogP contribution >= 0.6 is 23.2 Å². The zero-order chi connectivity index (χ0) is 34.9. The molecule has 1 aliphatic carbocycles. The second-order valence-electron chi connectivity index (χ2n) is 13.9. The zero-order valence-electron chi connectivity index (χ0n) is 28.5. The van der Waals surface area contributed by atoms with Crippen LogP contribution in [0.2, 0.25) is 10.0 Å². The minimum Gasteiger partial charge on any atom is -0.490 e.